The van der Waals surface area contributed by atoms with Crippen LogP contribution in [0.25, 0.3) is 22.3 Å². The number of esters is 1. The summed E-state index contributed by atoms with van der Waals surface area (Å²) in [5.41, 5.74) is -1.41. The van der Waals surface area contributed by atoms with Gasteiger partial charge in [-0.2, -0.15) is 8.42 Å². The van der Waals surface area contributed by atoms with Gasteiger partial charge in [0.15, 0.2) is 10.9 Å². The van der Waals surface area contributed by atoms with Crippen LogP contribution in [-0.2, 0) is 43.1 Å². The van der Waals surface area contributed by atoms with E-state index in [2.05, 4.69) is 14.9 Å². The summed E-state index contributed by atoms with van der Waals surface area (Å²) in [5, 5.41) is 6.82. The molecule has 2 N–H and O–H groups in total. The molecule has 0 bridgehead atoms. The quantitative estimate of drug-likeness (QED) is 0.0987. The van der Waals surface area contributed by atoms with Crippen molar-refractivity contribution in [2.24, 2.45) is 34.5 Å². The Hall–Kier alpha value is -4.14. The summed E-state index contributed by atoms with van der Waals surface area (Å²) in [7, 11) is -4.46. The number of thiazole rings is 1. The number of fused-ring (bicyclic) bond motifs is 2. The van der Waals surface area contributed by atoms with Crippen LogP contribution in [0.5, 0.6) is 11.5 Å². The number of hydrogen-bond donors (Lipinski definition) is 2. The molecule has 8 atom stereocenters. The number of aromatic nitrogens is 2. The highest BCUT2D eigenvalue weighted by molar-refractivity contribution is 7.85. The van der Waals surface area contributed by atoms with Crippen LogP contribution in [0.4, 0.5) is 5.13 Å². The molecule has 6 aliphatic rings. The lowest BCUT2D eigenvalue weighted by molar-refractivity contribution is -0.156. The number of likely N-dealkylation sites (tertiary alicyclic amines) is 1. The highest BCUT2D eigenvalue weighted by Crippen LogP contribution is 2.58. The molecule has 6 fully saturated rings. The van der Waals surface area contributed by atoms with Crippen molar-refractivity contribution >= 4 is 72.8 Å². The Labute approximate surface area is 426 Å². The smallest absolute Gasteiger partial charge is 0.362 e. The third-order valence-corrected chi connectivity index (χ3v) is 17.6. The molecule has 2 saturated heterocycles. The number of halogens is 1. The van der Waals surface area contributed by atoms with E-state index >= 15 is 4.79 Å². The zero-order valence-corrected chi connectivity index (χ0v) is 44.3. The second-order valence-corrected chi connectivity index (χ2v) is 24.9. The lowest BCUT2D eigenvalue weighted by Crippen LogP contribution is -2.48. The van der Waals surface area contributed by atoms with Gasteiger partial charge in [-0.15, -0.1) is 11.3 Å². The summed E-state index contributed by atoms with van der Waals surface area (Å²) in [6.07, 6.45) is 3.43. The standard InChI is InChI=1S/C51H69ClN6O11S2/c1-8-32-25-51(32,47(62)56-71(63,64)69-50(7)11-12-50)26-40(59)39-22-34(27-58(39)46(61)36(49(4,5)6)23-43(60)68-33-20-30-19-31(30)21-33)67-42-24-37(38-28-70-48(55-38)53-29(2)3)54-45-35(42)9-10-41(44(45)52)66-18-15-57-13-16-65-17-14-57/h9-10,24,28-34,36,39H,8,11-23,25-27H2,1-7H3,(H,53,55)(H,56,62)/t30-,31+,32-,33?,34-,36-,39?,51-/m1/s1. The van der Waals surface area contributed by atoms with Crippen LogP contribution in [0.15, 0.2) is 23.6 Å². The summed E-state index contributed by atoms with van der Waals surface area (Å²) in [6, 6.07) is 4.48. The molecule has 388 valence electrons. The zero-order valence-electron chi connectivity index (χ0n) is 41.9. The monoisotopic (exact) mass is 1040 g/mol. The van der Waals surface area contributed by atoms with Gasteiger partial charge in [-0.25, -0.2) is 18.9 Å². The maximum absolute atomic E-state index is 15.2. The molecule has 2 aliphatic heterocycles. The van der Waals surface area contributed by atoms with Gasteiger partial charge in [0.25, 0.3) is 0 Å². The number of amides is 2. The maximum atomic E-state index is 15.2. The second kappa shape index (κ2) is 20.3. The number of Topliss-reactive ketones (excluding diaryl/α,β-unsaturated/α-hetero) is 1. The van der Waals surface area contributed by atoms with Crippen molar-refractivity contribution in [2.75, 3.05) is 51.3 Å². The van der Waals surface area contributed by atoms with E-state index in [1.807, 2.05) is 53.0 Å². The third-order valence-electron chi connectivity index (χ3n) is 15.4. The van der Waals surface area contributed by atoms with Gasteiger partial charge in [0.05, 0.1) is 60.4 Å². The van der Waals surface area contributed by atoms with Crippen LogP contribution in [0.1, 0.15) is 113 Å². The number of nitrogens with one attached hydrogen (secondary N) is 2. The number of rotatable bonds is 21. The van der Waals surface area contributed by atoms with Gasteiger partial charge in [0.1, 0.15) is 41.0 Å². The Morgan fingerprint density at radius 3 is 2.39 bits per heavy atom. The normalized spacial score (nSPS) is 27.3. The molecular formula is C51H69ClN6O11S2. The third kappa shape index (κ3) is 12.0. The molecule has 17 nitrogen and oxygen atoms in total. The molecular weight excluding hydrogens is 972 g/mol. The van der Waals surface area contributed by atoms with Crippen LogP contribution in [0.3, 0.4) is 0 Å². The van der Waals surface area contributed by atoms with Crippen LogP contribution >= 0.6 is 22.9 Å². The predicted molar refractivity (Wildman–Crippen MR) is 268 cm³/mol. The van der Waals surface area contributed by atoms with Crippen molar-refractivity contribution in [1.82, 2.24) is 24.5 Å². The minimum Gasteiger partial charge on any atom is -0.491 e. The van der Waals surface area contributed by atoms with E-state index in [-0.39, 0.29) is 48.9 Å². The van der Waals surface area contributed by atoms with E-state index in [0.29, 0.717) is 103 Å². The predicted octanol–water partition coefficient (Wildman–Crippen LogP) is 7.59. The van der Waals surface area contributed by atoms with Crippen LogP contribution in [0, 0.1) is 34.5 Å². The molecule has 2 unspecified atom stereocenters. The first kappa shape index (κ1) is 51.7. The molecule has 2 aromatic heterocycles. The van der Waals surface area contributed by atoms with E-state index in [9.17, 15) is 22.8 Å². The molecule has 0 radical (unpaired) electrons. The lowest BCUT2D eigenvalue weighted by Gasteiger charge is -2.35. The first-order valence-corrected chi connectivity index (χ1v) is 28.0. The van der Waals surface area contributed by atoms with Crippen molar-refractivity contribution in [2.45, 2.75) is 143 Å². The largest absolute Gasteiger partial charge is 0.491 e. The van der Waals surface area contributed by atoms with Gasteiger partial charge in [0, 0.05) is 55.4 Å². The maximum Gasteiger partial charge on any atom is 0.362 e. The number of anilines is 1. The molecule has 1 aromatic carbocycles. The Kier molecular flexibility index (Phi) is 14.8. The van der Waals surface area contributed by atoms with Crippen LogP contribution in [-0.4, -0.2) is 128 Å². The summed E-state index contributed by atoms with van der Waals surface area (Å²) in [4.78, 5) is 71.4. The van der Waals surface area contributed by atoms with E-state index < -0.39 is 68.4 Å². The fraction of sp³-hybridized carbons (Fsp3) is 0.686. The average Bonchev–Trinajstić information content (AvgIpc) is 4.21. The summed E-state index contributed by atoms with van der Waals surface area (Å²) in [6.45, 7) is 17.3. The Bertz CT molecular complexity index is 2620. The number of ketones is 1. The zero-order chi connectivity index (χ0) is 50.6. The number of carbonyl (C=O) groups is 4. The summed E-state index contributed by atoms with van der Waals surface area (Å²) in [5.74, 6) is -1.13. The summed E-state index contributed by atoms with van der Waals surface area (Å²) < 4.78 is 58.2. The Morgan fingerprint density at radius 1 is 1.00 bits per heavy atom. The molecule has 4 saturated carbocycles. The minimum absolute atomic E-state index is 0.0190. The van der Waals surface area contributed by atoms with E-state index in [4.69, 9.17) is 44.7 Å². The lowest BCUT2D eigenvalue weighted by atomic mass is 9.77. The Balaban J connectivity index is 1.02. The van der Waals surface area contributed by atoms with Crippen molar-refractivity contribution < 1.29 is 50.7 Å². The van der Waals surface area contributed by atoms with Gasteiger partial charge >= 0.3 is 16.3 Å². The number of benzene rings is 1. The first-order valence-electron chi connectivity index (χ1n) is 25.4. The summed E-state index contributed by atoms with van der Waals surface area (Å²) >= 11 is 8.61. The van der Waals surface area contributed by atoms with Gasteiger partial charge in [-0.05, 0) is 94.6 Å². The Morgan fingerprint density at radius 2 is 1.73 bits per heavy atom. The number of ether oxygens (including phenoxy) is 4. The van der Waals surface area contributed by atoms with E-state index in [1.54, 1.807) is 19.1 Å². The fourth-order valence-corrected chi connectivity index (χ4v) is 13.1. The van der Waals surface area contributed by atoms with Crippen molar-refractivity contribution in [1.29, 1.82) is 0 Å². The SMILES string of the molecule is CC[C@@H]1C[C@]1(CC(=O)C1C[C@@H](Oc2cc(-c3csc(NC(C)C)n3)nc3c(Cl)c(OCCN4CCOCC4)ccc23)CN1C(=O)[C@@H](CC(=O)OC1C[C@@H]2C[C@@H]2C1)C(C)(C)C)C(=O)NS(=O)(=O)OC1(C)CC1. The molecule has 71 heavy (non-hydrogen) atoms. The van der Waals surface area contributed by atoms with Gasteiger partial charge in [-0.3, -0.25) is 24.1 Å². The van der Waals surface area contributed by atoms with Crippen LogP contribution in [0.2, 0.25) is 5.02 Å². The first-order chi connectivity index (χ1) is 33.6. The molecule has 2 amide bonds. The van der Waals surface area contributed by atoms with Gasteiger partial charge < -0.3 is 29.2 Å². The van der Waals surface area contributed by atoms with E-state index in [0.717, 1.165) is 25.9 Å². The number of carbonyl (C=O) groups excluding carboxylic acids is 4. The molecule has 0 spiro atoms. The number of nitrogens with zero attached hydrogens (tertiary/aromatic N) is 4. The average molecular weight is 1040 g/mol. The van der Waals surface area contributed by atoms with Gasteiger partial charge in [0.2, 0.25) is 11.8 Å². The highest BCUT2D eigenvalue weighted by atomic mass is 35.5. The minimum atomic E-state index is -4.46. The molecule has 4 heterocycles. The number of morpholine rings is 1. The topological polar surface area (TPSA) is 205 Å². The molecule has 20 heteroatoms. The molecule has 4 aliphatic carbocycles. The molecule has 3 aromatic rings. The van der Waals surface area contributed by atoms with Gasteiger partial charge in [-0.1, -0.05) is 45.7 Å². The van der Waals surface area contributed by atoms with E-state index in [1.165, 1.54) is 22.7 Å². The van der Waals surface area contributed by atoms with Crippen molar-refractivity contribution in [3.8, 4) is 22.9 Å². The van der Waals surface area contributed by atoms with Crippen molar-refractivity contribution in [3.63, 3.8) is 0 Å². The molecule has 9 rings (SSSR count). The number of pyridine rings is 1. The second-order valence-electron chi connectivity index (χ2n) is 22.4. The number of hydrogen-bond acceptors (Lipinski definition) is 16. The highest BCUT2D eigenvalue weighted by Gasteiger charge is 2.62. The van der Waals surface area contributed by atoms with Crippen LogP contribution < -0.4 is 19.5 Å². The van der Waals surface area contributed by atoms with Crippen molar-refractivity contribution in [3.05, 3.63) is 28.6 Å². The fourth-order valence-electron chi connectivity index (χ4n) is 10.8.